The van der Waals surface area contributed by atoms with Gasteiger partial charge in [0.2, 0.25) is 5.95 Å². The van der Waals surface area contributed by atoms with E-state index in [0.717, 1.165) is 11.3 Å². The summed E-state index contributed by atoms with van der Waals surface area (Å²) in [6.07, 6.45) is -0.208. The first-order valence-electron chi connectivity index (χ1n) is 8.12. The number of nitrogens with zero attached hydrogens (tertiary/aromatic N) is 5. The van der Waals surface area contributed by atoms with E-state index in [4.69, 9.17) is 4.74 Å². The maximum absolute atomic E-state index is 12.7. The zero-order chi connectivity index (χ0) is 18.1. The van der Waals surface area contributed by atoms with Crippen molar-refractivity contribution in [3.05, 3.63) is 41.1 Å². The van der Waals surface area contributed by atoms with Gasteiger partial charge in [-0.15, -0.1) is 0 Å². The predicted molar refractivity (Wildman–Crippen MR) is 94.3 cm³/mol. The Hall–Kier alpha value is -2.90. The van der Waals surface area contributed by atoms with Crippen molar-refractivity contribution < 1.29 is 9.53 Å². The van der Waals surface area contributed by atoms with Gasteiger partial charge < -0.3 is 15.0 Å². The van der Waals surface area contributed by atoms with Crippen molar-refractivity contribution in [3.63, 3.8) is 0 Å². The molecule has 2 heterocycles. The zero-order valence-corrected chi connectivity index (χ0v) is 15.0. The van der Waals surface area contributed by atoms with Gasteiger partial charge in [0.15, 0.2) is 0 Å². The van der Waals surface area contributed by atoms with Gasteiger partial charge >= 0.3 is 5.97 Å². The lowest BCUT2D eigenvalue weighted by Gasteiger charge is -2.28. The summed E-state index contributed by atoms with van der Waals surface area (Å²) < 4.78 is 7.04. The van der Waals surface area contributed by atoms with Crippen LogP contribution in [0.25, 0.3) is 0 Å². The average Bonchev–Trinajstić information content (AvgIpc) is 3.00. The smallest absolute Gasteiger partial charge is 0.338 e. The number of allylic oxidation sites excluding steroid dienone is 1. The molecule has 0 aliphatic carbocycles. The highest BCUT2D eigenvalue weighted by molar-refractivity contribution is 5.92. The Balaban J connectivity index is 2.07. The lowest BCUT2D eigenvalue weighted by Crippen LogP contribution is -2.30. The molecule has 8 nitrogen and oxygen atoms in total. The molecule has 1 aromatic carbocycles. The summed E-state index contributed by atoms with van der Waals surface area (Å²) in [6, 6.07) is 7.53. The van der Waals surface area contributed by atoms with Gasteiger partial charge in [-0.2, -0.15) is 4.68 Å². The third-order valence-corrected chi connectivity index (χ3v) is 4.00. The number of rotatable bonds is 4. The van der Waals surface area contributed by atoms with Crippen LogP contribution >= 0.6 is 0 Å². The zero-order valence-electron chi connectivity index (χ0n) is 15.0. The van der Waals surface area contributed by atoms with Gasteiger partial charge in [0, 0.05) is 25.5 Å². The minimum absolute atomic E-state index is 0.208. The molecule has 1 N–H and O–H groups in total. The summed E-state index contributed by atoms with van der Waals surface area (Å²) >= 11 is 0. The molecule has 2 aromatic rings. The maximum atomic E-state index is 12.7. The lowest BCUT2D eigenvalue weighted by atomic mass is 9.95. The first-order chi connectivity index (χ1) is 11.9. The fourth-order valence-electron chi connectivity index (χ4n) is 2.82. The van der Waals surface area contributed by atoms with Crippen molar-refractivity contribution in [2.75, 3.05) is 24.3 Å². The van der Waals surface area contributed by atoms with Crippen molar-refractivity contribution >= 4 is 17.6 Å². The Bertz CT molecular complexity index is 807. The van der Waals surface area contributed by atoms with E-state index in [-0.39, 0.29) is 12.1 Å². The SMILES string of the molecule is CC1=C(C(=O)OC(C)C)[C@H](c2ccc(N(C)C)cc2)n2nnnc2N1. The first-order valence-corrected chi connectivity index (χ1v) is 8.12. The predicted octanol–water partition coefficient (Wildman–Crippen LogP) is 1.98. The molecule has 132 valence electrons. The van der Waals surface area contributed by atoms with Crippen LogP contribution < -0.4 is 10.2 Å². The van der Waals surface area contributed by atoms with Gasteiger partial charge in [-0.05, 0) is 48.9 Å². The highest BCUT2D eigenvalue weighted by Gasteiger charge is 2.35. The average molecular weight is 342 g/mol. The van der Waals surface area contributed by atoms with Crippen LogP contribution in [0.1, 0.15) is 32.4 Å². The molecule has 0 spiro atoms. The van der Waals surface area contributed by atoms with Crippen molar-refractivity contribution in [3.8, 4) is 0 Å². The van der Waals surface area contributed by atoms with Crippen LogP contribution in [-0.2, 0) is 9.53 Å². The molecule has 1 aromatic heterocycles. The lowest BCUT2D eigenvalue weighted by molar-refractivity contribution is -0.143. The minimum Gasteiger partial charge on any atom is -0.459 e. The van der Waals surface area contributed by atoms with Crippen LogP contribution in [0.4, 0.5) is 11.6 Å². The molecule has 1 aliphatic heterocycles. The Kier molecular flexibility index (Phi) is 4.43. The van der Waals surface area contributed by atoms with Crippen LogP contribution in [0, 0.1) is 0 Å². The number of ether oxygens (including phenoxy) is 1. The van der Waals surface area contributed by atoms with E-state index in [9.17, 15) is 4.79 Å². The quantitative estimate of drug-likeness (QED) is 0.850. The highest BCUT2D eigenvalue weighted by atomic mass is 16.5. The molecule has 0 radical (unpaired) electrons. The van der Waals surface area contributed by atoms with Crippen LogP contribution in [0.2, 0.25) is 0 Å². The first kappa shape index (κ1) is 16.9. The number of anilines is 2. The van der Waals surface area contributed by atoms with E-state index in [0.29, 0.717) is 17.2 Å². The van der Waals surface area contributed by atoms with E-state index in [1.807, 2.05) is 64.0 Å². The maximum Gasteiger partial charge on any atom is 0.338 e. The molecule has 0 unspecified atom stereocenters. The Morgan fingerprint density at radius 3 is 2.56 bits per heavy atom. The minimum atomic E-state index is -0.436. The number of carbonyl (C=O) groups excluding carboxylic acids is 1. The molecule has 8 heteroatoms. The molecular weight excluding hydrogens is 320 g/mol. The fourth-order valence-corrected chi connectivity index (χ4v) is 2.82. The van der Waals surface area contributed by atoms with Crippen molar-refractivity contribution in [1.29, 1.82) is 0 Å². The Morgan fingerprint density at radius 1 is 1.28 bits per heavy atom. The van der Waals surface area contributed by atoms with Gasteiger partial charge in [0.1, 0.15) is 6.04 Å². The van der Waals surface area contributed by atoms with E-state index in [2.05, 4.69) is 20.8 Å². The topological polar surface area (TPSA) is 85.2 Å². The summed E-state index contributed by atoms with van der Waals surface area (Å²) in [6.45, 7) is 5.48. The molecule has 25 heavy (non-hydrogen) atoms. The summed E-state index contributed by atoms with van der Waals surface area (Å²) in [5.74, 6) is 0.128. The van der Waals surface area contributed by atoms with Gasteiger partial charge in [-0.1, -0.05) is 17.2 Å². The summed E-state index contributed by atoms with van der Waals surface area (Å²) in [4.78, 5) is 14.7. The third-order valence-electron chi connectivity index (χ3n) is 4.00. The molecule has 3 rings (SSSR count). The second-order valence-corrected chi connectivity index (χ2v) is 6.45. The number of hydrogen-bond donors (Lipinski definition) is 1. The number of nitrogens with one attached hydrogen (secondary N) is 1. The monoisotopic (exact) mass is 342 g/mol. The molecular formula is C17H22N6O2. The Morgan fingerprint density at radius 2 is 1.96 bits per heavy atom. The molecule has 1 atom stereocenters. The van der Waals surface area contributed by atoms with E-state index in [1.165, 1.54) is 0 Å². The van der Waals surface area contributed by atoms with E-state index < -0.39 is 6.04 Å². The number of benzene rings is 1. The molecule has 0 fully saturated rings. The summed E-state index contributed by atoms with van der Waals surface area (Å²) in [7, 11) is 3.96. The van der Waals surface area contributed by atoms with Crippen molar-refractivity contribution in [2.45, 2.75) is 32.9 Å². The fraction of sp³-hybridized carbons (Fsp3) is 0.412. The summed E-state index contributed by atoms with van der Waals surface area (Å²) in [5, 5.41) is 14.8. The van der Waals surface area contributed by atoms with E-state index in [1.54, 1.807) is 4.68 Å². The standard InChI is InChI=1S/C17H22N6O2/c1-10(2)25-16(24)14-11(3)18-17-19-20-21-23(17)15(14)12-6-8-13(9-7-12)22(4)5/h6-10,15H,1-5H3,(H,18,19,21)/t15-/m0/s1. The number of tetrazole rings is 1. The second kappa shape index (κ2) is 6.54. The largest absolute Gasteiger partial charge is 0.459 e. The highest BCUT2D eigenvalue weighted by Crippen LogP contribution is 2.35. The van der Waals surface area contributed by atoms with Crippen molar-refractivity contribution in [1.82, 2.24) is 20.2 Å². The second-order valence-electron chi connectivity index (χ2n) is 6.45. The molecule has 1 aliphatic rings. The molecule has 0 saturated heterocycles. The van der Waals surface area contributed by atoms with Crippen LogP contribution in [0.15, 0.2) is 35.5 Å². The summed E-state index contributed by atoms with van der Waals surface area (Å²) in [5.41, 5.74) is 3.18. The van der Waals surface area contributed by atoms with Gasteiger partial charge in [0.25, 0.3) is 0 Å². The van der Waals surface area contributed by atoms with Gasteiger partial charge in [-0.25, -0.2) is 4.79 Å². The number of fused-ring (bicyclic) bond motifs is 1. The number of carbonyl (C=O) groups is 1. The van der Waals surface area contributed by atoms with Gasteiger partial charge in [0.05, 0.1) is 11.7 Å². The van der Waals surface area contributed by atoms with Gasteiger partial charge in [-0.3, -0.25) is 0 Å². The number of hydrogen-bond acceptors (Lipinski definition) is 7. The third kappa shape index (κ3) is 3.19. The molecule has 0 saturated carbocycles. The van der Waals surface area contributed by atoms with Crippen molar-refractivity contribution in [2.24, 2.45) is 0 Å². The van der Waals surface area contributed by atoms with Crippen LogP contribution in [0.5, 0.6) is 0 Å². The van der Waals surface area contributed by atoms with Crippen LogP contribution in [0.3, 0.4) is 0 Å². The van der Waals surface area contributed by atoms with E-state index >= 15 is 0 Å². The molecule has 0 amide bonds. The number of esters is 1. The Labute approximate surface area is 146 Å². The number of aromatic nitrogens is 4. The normalized spacial score (nSPS) is 16.5. The van der Waals surface area contributed by atoms with Crippen LogP contribution in [-0.4, -0.2) is 46.4 Å². The molecule has 0 bridgehead atoms.